The average molecular weight is 668 g/mol. The lowest BCUT2D eigenvalue weighted by atomic mass is 9.76. The Morgan fingerprint density at radius 1 is 0.909 bits per heavy atom. The van der Waals surface area contributed by atoms with Gasteiger partial charge in [0.25, 0.3) is 5.60 Å². The molecule has 3 aliphatic rings. The van der Waals surface area contributed by atoms with Crippen molar-refractivity contribution in [1.82, 2.24) is 4.90 Å². The first kappa shape index (κ1) is 32.6. The maximum atomic E-state index is 14.5. The van der Waals surface area contributed by atoms with Crippen LogP contribution in [0.15, 0.2) is 47.4 Å². The second kappa shape index (κ2) is 10.9. The van der Waals surface area contributed by atoms with Crippen LogP contribution < -0.4 is 0 Å². The van der Waals surface area contributed by atoms with E-state index in [4.69, 9.17) is 11.6 Å². The van der Waals surface area contributed by atoms with E-state index in [2.05, 4.69) is 0 Å². The number of carboxylic acid groups (broad SMARTS) is 1. The van der Waals surface area contributed by atoms with Crippen LogP contribution in [0.5, 0.6) is 0 Å². The number of fused-ring (bicyclic) bond motifs is 3. The zero-order valence-corrected chi connectivity index (χ0v) is 24.5. The van der Waals surface area contributed by atoms with Crippen LogP contribution in [0.4, 0.5) is 26.3 Å². The number of nitrogens with zero attached hydrogens (tertiary/aromatic N) is 1. The van der Waals surface area contributed by atoms with Gasteiger partial charge in [-0.15, -0.1) is 0 Å². The van der Waals surface area contributed by atoms with Crippen molar-refractivity contribution in [1.29, 1.82) is 0 Å². The summed E-state index contributed by atoms with van der Waals surface area (Å²) in [5.41, 5.74) is -6.86. The van der Waals surface area contributed by atoms with Crippen LogP contribution in [0.3, 0.4) is 0 Å². The molecule has 2 aromatic rings. The molecule has 7 nitrogen and oxygen atoms in total. The summed E-state index contributed by atoms with van der Waals surface area (Å²) in [6, 6.07) is 6.15. The zero-order chi connectivity index (χ0) is 32.5. The van der Waals surface area contributed by atoms with Gasteiger partial charge in [-0.3, -0.25) is 9.59 Å². The molecule has 2 N–H and O–H groups in total. The summed E-state index contributed by atoms with van der Waals surface area (Å²) >= 11 is 6.09. The van der Waals surface area contributed by atoms with Crippen molar-refractivity contribution in [2.45, 2.75) is 78.6 Å². The minimum Gasteiger partial charge on any atom is -0.481 e. The van der Waals surface area contributed by atoms with Gasteiger partial charge in [0.1, 0.15) is 4.75 Å². The molecule has 44 heavy (non-hydrogen) atoms. The molecule has 0 bridgehead atoms. The molecule has 1 saturated heterocycles. The van der Waals surface area contributed by atoms with Crippen molar-refractivity contribution in [3.05, 3.63) is 64.2 Å². The highest BCUT2D eigenvalue weighted by Crippen LogP contribution is 2.56. The Kier molecular flexibility index (Phi) is 8.07. The van der Waals surface area contributed by atoms with Gasteiger partial charge in [-0.25, -0.2) is 8.42 Å². The van der Waals surface area contributed by atoms with Gasteiger partial charge < -0.3 is 15.1 Å². The summed E-state index contributed by atoms with van der Waals surface area (Å²) in [5, 5.41) is 19.4. The highest BCUT2D eigenvalue weighted by molar-refractivity contribution is 7.92. The van der Waals surface area contributed by atoms with Gasteiger partial charge in [-0.2, -0.15) is 26.3 Å². The van der Waals surface area contributed by atoms with Crippen molar-refractivity contribution in [3.8, 4) is 0 Å². The SMILES string of the molecule is O=C(O)C1CCC(C(=O)N2CCC3(S(=O)(=O)c4cccc(Cl)c4)c4ccc(C(O)(C(F)(F)F)C(F)(F)F)cc4CCC23)CC1. The molecule has 0 aromatic heterocycles. The number of amides is 1. The molecule has 15 heteroatoms. The molecule has 0 spiro atoms. The lowest BCUT2D eigenvalue weighted by Gasteiger charge is -2.44. The molecule has 1 saturated carbocycles. The number of carboxylic acids is 1. The smallest absolute Gasteiger partial charge is 0.430 e. The summed E-state index contributed by atoms with van der Waals surface area (Å²) in [5.74, 6) is -2.49. The predicted octanol–water partition coefficient (Wildman–Crippen LogP) is 5.76. The number of hydrogen-bond acceptors (Lipinski definition) is 5. The van der Waals surface area contributed by atoms with Crippen molar-refractivity contribution in [2.24, 2.45) is 11.8 Å². The summed E-state index contributed by atoms with van der Waals surface area (Å²) in [6.07, 6.45) is -11.6. The first-order chi connectivity index (χ1) is 20.4. The van der Waals surface area contributed by atoms with E-state index in [1.807, 2.05) is 0 Å². The lowest BCUT2D eigenvalue weighted by Crippen LogP contribution is -2.55. The maximum Gasteiger partial charge on any atom is 0.430 e. The fourth-order valence-electron chi connectivity index (χ4n) is 7.17. The largest absolute Gasteiger partial charge is 0.481 e. The molecule has 2 aliphatic carbocycles. The van der Waals surface area contributed by atoms with Crippen LogP contribution in [0, 0.1) is 11.8 Å². The Balaban J connectivity index is 1.63. The molecule has 1 heterocycles. The second-order valence-electron chi connectivity index (χ2n) is 11.7. The molecular formula is C29H28ClF6NO6S. The zero-order valence-electron chi connectivity index (χ0n) is 23.0. The van der Waals surface area contributed by atoms with E-state index in [0.717, 1.165) is 6.07 Å². The first-order valence-corrected chi connectivity index (χ1v) is 15.8. The molecule has 2 aromatic carbocycles. The van der Waals surface area contributed by atoms with Crippen LogP contribution in [0.2, 0.25) is 5.02 Å². The van der Waals surface area contributed by atoms with E-state index in [1.54, 1.807) is 0 Å². The summed E-state index contributed by atoms with van der Waals surface area (Å²) < 4.78 is 109. The number of halogens is 7. The van der Waals surface area contributed by atoms with Gasteiger partial charge in [0.15, 0.2) is 9.84 Å². The molecule has 240 valence electrons. The monoisotopic (exact) mass is 667 g/mol. The van der Waals surface area contributed by atoms with Crippen molar-refractivity contribution >= 4 is 33.3 Å². The number of sulfone groups is 1. The quantitative estimate of drug-likeness (QED) is 0.393. The molecule has 2 unspecified atom stereocenters. The number of likely N-dealkylation sites (tertiary alicyclic amines) is 1. The number of carbonyl (C=O) groups excluding carboxylic acids is 1. The van der Waals surface area contributed by atoms with Crippen LogP contribution in [0.25, 0.3) is 0 Å². The van der Waals surface area contributed by atoms with Gasteiger partial charge in [0.2, 0.25) is 5.91 Å². The lowest BCUT2D eigenvalue weighted by molar-refractivity contribution is -0.376. The van der Waals surface area contributed by atoms with Crippen LogP contribution in [-0.2, 0) is 36.2 Å². The van der Waals surface area contributed by atoms with Gasteiger partial charge >= 0.3 is 18.3 Å². The Labute approximate surface area is 253 Å². The minimum atomic E-state index is -6.13. The van der Waals surface area contributed by atoms with Gasteiger partial charge in [0.05, 0.1) is 16.9 Å². The number of benzene rings is 2. The topological polar surface area (TPSA) is 112 Å². The highest BCUT2D eigenvalue weighted by Gasteiger charge is 2.72. The number of carbonyl (C=O) groups is 2. The Bertz CT molecular complexity index is 1570. The number of aryl methyl sites for hydroxylation is 1. The summed E-state index contributed by atoms with van der Waals surface area (Å²) in [4.78, 5) is 26.4. The first-order valence-electron chi connectivity index (χ1n) is 13.9. The average Bonchev–Trinajstić information content (AvgIpc) is 3.36. The minimum absolute atomic E-state index is 0.0472. The van der Waals surface area contributed by atoms with Crippen LogP contribution in [-0.4, -0.2) is 60.3 Å². The molecule has 1 aliphatic heterocycles. The number of aliphatic hydroxyl groups is 1. The molecule has 5 rings (SSSR count). The summed E-state index contributed by atoms with van der Waals surface area (Å²) in [6.45, 7) is -0.0572. The van der Waals surface area contributed by atoms with E-state index in [-0.39, 0.29) is 78.4 Å². The van der Waals surface area contributed by atoms with Crippen molar-refractivity contribution in [3.63, 3.8) is 0 Å². The Morgan fingerprint density at radius 2 is 1.52 bits per heavy atom. The molecule has 1 amide bonds. The third-order valence-electron chi connectivity index (χ3n) is 9.42. The number of aliphatic carboxylic acids is 1. The maximum absolute atomic E-state index is 14.5. The van der Waals surface area contributed by atoms with Crippen LogP contribution in [0.1, 0.15) is 55.2 Å². The third-order valence-corrected chi connectivity index (χ3v) is 12.2. The van der Waals surface area contributed by atoms with E-state index in [0.29, 0.717) is 12.1 Å². The fourth-order valence-corrected chi connectivity index (χ4v) is 9.84. The molecular weight excluding hydrogens is 640 g/mol. The number of hydrogen-bond donors (Lipinski definition) is 2. The van der Waals surface area contributed by atoms with Crippen molar-refractivity contribution < 1.29 is 54.6 Å². The van der Waals surface area contributed by atoms with Gasteiger partial charge in [0, 0.05) is 23.0 Å². The Hall–Kier alpha value is -2.84. The molecule has 0 radical (unpaired) electrons. The summed E-state index contributed by atoms with van der Waals surface area (Å²) in [7, 11) is -4.48. The van der Waals surface area contributed by atoms with E-state index < -0.39 is 61.9 Å². The van der Waals surface area contributed by atoms with Crippen LogP contribution >= 0.6 is 11.6 Å². The number of alkyl halides is 6. The fraction of sp³-hybridized carbons (Fsp3) is 0.517. The molecule has 2 atom stereocenters. The highest BCUT2D eigenvalue weighted by atomic mass is 35.5. The Morgan fingerprint density at radius 3 is 2.09 bits per heavy atom. The predicted molar refractivity (Wildman–Crippen MR) is 144 cm³/mol. The van der Waals surface area contributed by atoms with E-state index >= 15 is 0 Å². The van der Waals surface area contributed by atoms with Gasteiger partial charge in [-0.05, 0) is 74.3 Å². The van der Waals surface area contributed by atoms with E-state index in [9.17, 15) is 54.6 Å². The van der Waals surface area contributed by atoms with Gasteiger partial charge in [-0.1, -0.05) is 35.9 Å². The van der Waals surface area contributed by atoms with E-state index in [1.165, 1.54) is 29.2 Å². The normalized spacial score (nSPS) is 26.2. The van der Waals surface area contributed by atoms with Crippen molar-refractivity contribution in [2.75, 3.05) is 6.54 Å². The third kappa shape index (κ3) is 4.87. The molecule has 2 fully saturated rings. The standard InChI is InChI=1S/C29H28ClF6NO6S/c30-20-2-1-3-21(15-20)44(42,43)26-12-13-37(24(38)16-4-6-17(7-5-16)25(39)40)23(26)11-8-18-14-19(9-10-22(18)26)27(41,28(31,32)33)29(34,35)36/h1-3,9-10,14-17,23,41H,4-8,11-13H2,(H,39,40). The second-order valence-corrected chi connectivity index (χ2v) is 14.3. The number of rotatable bonds is 5.